The van der Waals surface area contributed by atoms with Gasteiger partial charge in [-0.3, -0.25) is 4.79 Å². The van der Waals surface area contributed by atoms with Crippen LogP contribution in [-0.4, -0.2) is 39.2 Å². The molecule has 1 saturated heterocycles. The highest BCUT2D eigenvalue weighted by atomic mass is 19.1. The summed E-state index contributed by atoms with van der Waals surface area (Å²) in [5.74, 6) is -1.16. The molecule has 7 nitrogen and oxygen atoms in total. The van der Waals surface area contributed by atoms with Crippen LogP contribution in [0.25, 0.3) is 11.0 Å². The zero-order chi connectivity index (χ0) is 21.1. The van der Waals surface area contributed by atoms with Crippen molar-refractivity contribution in [3.05, 3.63) is 65.2 Å². The minimum atomic E-state index is -1.02. The number of benzene rings is 2. The first kappa shape index (κ1) is 20.0. The Morgan fingerprint density at radius 1 is 1.27 bits per heavy atom. The molecule has 30 heavy (non-hydrogen) atoms. The molecule has 0 aliphatic carbocycles. The number of hydrogen-bond donors (Lipinski definition) is 2. The standard InChI is InChI=1S/C22H22FN3O4/c23-17-6-2-1-4-14(17)11-21(27)24-12-20-25-18-10-15(22(28)29)7-8-19(18)26(20)13-16-5-3-9-30-16/h1-2,4,6-8,10,16H,3,5,9,11-13H2,(H,24,27)(H,28,29)/t16-/m1/s1. The molecule has 1 aromatic heterocycles. The number of rotatable bonds is 7. The largest absolute Gasteiger partial charge is 0.478 e. The number of carboxylic acids is 1. The monoisotopic (exact) mass is 411 g/mol. The van der Waals surface area contributed by atoms with E-state index in [2.05, 4.69) is 10.3 Å². The molecule has 8 heteroatoms. The molecule has 1 amide bonds. The predicted molar refractivity (Wildman–Crippen MR) is 108 cm³/mol. The van der Waals surface area contributed by atoms with Gasteiger partial charge in [-0.2, -0.15) is 0 Å². The van der Waals surface area contributed by atoms with Crippen molar-refractivity contribution in [1.29, 1.82) is 0 Å². The van der Waals surface area contributed by atoms with E-state index in [4.69, 9.17) is 4.74 Å². The lowest BCUT2D eigenvalue weighted by Crippen LogP contribution is -2.27. The van der Waals surface area contributed by atoms with Crippen molar-refractivity contribution < 1.29 is 23.8 Å². The topological polar surface area (TPSA) is 93.5 Å². The maximum Gasteiger partial charge on any atom is 0.335 e. The van der Waals surface area contributed by atoms with Crippen molar-refractivity contribution in [1.82, 2.24) is 14.9 Å². The van der Waals surface area contributed by atoms with Gasteiger partial charge in [-0.05, 0) is 42.7 Å². The van der Waals surface area contributed by atoms with E-state index in [0.29, 0.717) is 23.4 Å². The quantitative estimate of drug-likeness (QED) is 0.624. The lowest BCUT2D eigenvalue weighted by atomic mass is 10.1. The Morgan fingerprint density at radius 3 is 2.83 bits per heavy atom. The van der Waals surface area contributed by atoms with Crippen LogP contribution in [-0.2, 0) is 29.0 Å². The zero-order valence-electron chi connectivity index (χ0n) is 16.3. The van der Waals surface area contributed by atoms with Gasteiger partial charge < -0.3 is 19.7 Å². The van der Waals surface area contributed by atoms with Crippen LogP contribution in [0.5, 0.6) is 0 Å². The summed E-state index contributed by atoms with van der Waals surface area (Å²) in [5.41, 5.74) is 1.81. The third-order valence-electron chi connectivity index (χ3n) is 5.24. The van der Waals surface area contributed by atoms with Crippen LogP contribution in [0.4, 0.5) is 4.39 Å². The number of carbonyl (C=O) groups is 2. The lowest BCUT2D eigenvalue weighted by Gasteiger charge is -2.14. The summed E-state index contributed by atoms with van der Waals surface area (Å²) in [6.45, 7) is 1.44. The Balaban J connectivity index is 1.55. The second kappa shape index (κ2) is 8.62. The van der Waals surface area contributed by atoms with E-state index < -0.39 is 11.8 Å². The van der Waals surface area contributed by atoms with Crippen LogP contribution in [0.3, 0.4) is 0 Å². The van der Waals surface area contributed by atoms with Crippen LogP contribution in [0, 0.1) is 5.82 Å². The highest BCUT2D eigenvalue weighted by molar-refractivity contribution is 5.92. The fraction of sp³-hybridized carbons (Fsp3) is 0.318. The number of carbonyl (C=O) groups excluding carboxylic acids is 1. The Bertz CT molecular complexity index is 1090. The average molecular weight is 411 g/mol. The molecular weight excluding hydrogens is 389 g/mol. The van der Waals surface area contributed by atoms with Gasteiger partial charge in [-0.25, -0.2) is 14.2 Å². The Morgan fingerprint density at radius 2 is 2.10 bits per heavy atom. The summed E-state index contributed by atoms with van der Waals surface area (Å²) in [6, 6.07) is 11.0. The molecule has 1 fully saturated rings. The molecule has 156 valence electrons. The summed E-state index contributed by atoms with van der Waals surface area (Å²) < 4.78 is 21.5. The molecule has 2 heterocycles. The number of halogens is 1. The third-order valence-corrected chi connectivity index (χ3v) is 5.24. The van der Waals surface area contributed by atoms with Crippen molar-refractivity contribution >= 4 is 22.9 Å². The summed E-state index contributed by atoms with van der Waals surface area (Å²) >= 11 is 0. The fourth-order valence-corrected chi connectivity index (χ4v) is 3.70. The molecule has 1 aliphatic heterocycles. The van der Waals surface area contributed by atoms with Gasteiger partial charge in [-0.1, -0.05) is 18.2 Å². The number of fused-ring (bicyclic) bond motifs is 1. The maximum atomic E-state index is 13.8. The predicted octanol–water partition coefficient (Wildman–Crippen LogP) is 2.91. The first-order chi connectivity index (χ1) is 14.5. The molecular formula is C22H22FN3O4. The molecule has 3 aromatic rings. The Labute approximate surface area is 172 Å². The fourth-order valence-electron chi connectivity index (χ4n) is 3.70. The summed E-state index contributed by atoms with van der Waals surface area (Å²) in [7, 11) is 0. The first-order valence-electron chi connectivity index (χ1n) is 9.85. The summed E-state index contributed by atoms with van der Waals surface area (Å²) in [5, 5.41) is 12.0. The molecule has 4 rings (SSSR count). The van der Waals surface area contributed by atoms with E-state index in [0.717, 1.165) is 25.0 Å². The third kappa shape index (κ3) is 4.33. The molecule has 0 unspecified atom stereocenters. The minimum Gasteiger partial charge on any atom is -0.478 e. The molecule has 1 atom stereocenters. The van der Waals surface area contributed by atoms with E-state index in [1.165, 1.54) is 12.1 Å². The van der Waals surface area contributed by atoms with E-state index in [1.54, 1.807) is 30.3 Å². The van der Waals surface area contributed by atoms with Crippen molar-refractivity contribution in [3.8, 4) is 0 Å². The Kier molecular flexibility index (Phi) is 5.76. The van der Waals surface area contributed by atoms with Crippen molar-refractivity contribution in [2.75, 3.05) is 6.61 Å². The second-order valence-electron chi connectivity index (χ2n) is 7.33. The summed E-state index contributed by atoms with van der Waals surface area (Å²) in [6.07, 6.45) is 1.91. The van der Waals surface area contributed by atoms with Crippen LogP contribution < -0.4 is 5.32 Å². The van der Waals surface area contributed by atoms with E-state index in [-0.39, 0.29) is 30.5 Å². The van der Waals surface area contributed by atoms with Gasteiger partial charge in [0.2, 0.25) is 5.91 Å². The molecule has 0 radical (unpaired) electrons. The number of aromatic nitrogens is 2. The van der Waals surface area contributed by atoms with E-state index in [9.17, 15) is 19.1 Å². The van der Waals surface area contributed by atoms with Gasteiger partial charge in [0.25, 0.3) is 0 Å². The normalized spacial score (nSPS) is 16.1. The zero-order valence-corrected chi connectivity index (χ0v) is 16.3. The van der Waals surface area contributed by atoms with Gasteiger partial charge in [-0.15, -0.1) is 0 Å². The van der Waals surface area contributed by atoms with Crippen molar-refractivity contribution in [3.63, 3.8) is 0 Å². The van der Waals surface area contributed by atoms with Crippen molar-refractivity contribution in [2.45, 2.75) is 38.5 Å². The van der Waals surface area contributed by atoms with Gasteiger partial charge >= 0.3 is 5.97 Å². The number of imidazole rings is 1. The Hall–Kier alpha value is -3.26. The van der Waals surface area contributed by atoms with Crippen LogP contribution in [0.2, 0.25) is 0 Å². The number of carboxylic acid groups (broad SMARTS) is 1. The van der Waals surface area contributed by atoms with Crippen molar-refractivity contribution in [2.24, 2.45) is 0 Å². The molecule has 0 spiro atoms. The number of amides is 1. The molecule has 0 saturated carbocycles. The molecule has 2 aromatic carbocycles. The van der Waals surface area contributed by atoms with Gasteiger partial charge in [0.05, 0.1) is 42.2 Å². The van der Waals surface area contributed by atoms with E-state index in [1.807, 2.05) is 4.57 Å². The van der Waals surface area contributed by atoms with Crippen LogP contribution in [0.1, 0.15) is 34.6 Å². The highest BCUT2D eigenvalue weighted by Gasteiger charge is 2.21. The lowest BCUT2D eigenvalue weighted by molar-refractivity contribution is -0.120. The molecule has 2 N–H and O–H groups in total. The summed E-state index contributed by atoms with van der Waals surface area (Å²) in [4.78, 5) is 28.2. The number of hydrogen-bond acceptors (Lipinski definition) is 4. The van der Waals surface area contributed by atoms with E-state index >= 15 is 0 Å². The number of nitrogens with one attached hydrogen (secondary N) is 1. The first-order valence-corrected chi connectivity index (χ1v) is 9.85. The number of nitrogens with zero attached hydrogens (tertiary/aromatic N) is 2. The smallest absolute Gasteiger partial charge is 0.335 e. The molecule has 1 aliphatic rings. The number of ether oxygens (including phenoxy) is 1. The van der Waals surface area contributed by atoms with Crippen LogP contribution >= 0.6 is 0 Å². The molecule has 0 bridgehead atoms. The SMILES string of the molecule is O=C(Cc1ccccc1F)NCc1nc2cc(C(=O)O)ccc2n1C[C@H]1CCCO1. The maximum absolute atomic E-state index is 13.8. The van der Waals surface area contributed by atoms with Crippen LogP contribution in [0.15, 0.2) is 42.5 Å². The van der Waals surface area contributed by atoms with Gasteiger partial charge in [0.1, 0.15) is 11.6 Å². The average Bonchev–Trinajstić information content (AvgIpc) is 3.36. The minimum absolute atomic E-state index is 0.0504. The van der Waals surface area contributed by atoms with Gasteiger partial charge in [0.15, 0.2) is 0 Å². The highest BCUT2D eigenvalue weighted by Crippen LogP contribution is 2.22. The van der Waals surface area contributed by atoms with Gasteiger partial charge in [0, 0.05) is 6.61 Å². The number of aromatic carboxylic acids is 1. The second-order valence-corrected chi connectivity index (χ2v) is 7.33.